The van der Waals surface area contributed by atoms with E-state index in [9.17, 15) is 4.79 Å². The average molecular weight is 268 g/mol. The van der Waals surface area contributed by atoms with Crippen molar-refractivity contribution in [3.8, 4) is 0 Å². The minimum absolute atomic E-state index is 0.225. The molecule has 0 spiro atoms. The average Bonchev–Trinajstić information content (AvgIpc) is 2.44. The van der Waals surface area contributed by atoms with Gasteiger partial charge in [-0.1, -0.05) is 43.2 Å². The first-order valence-corrected chi connectivity index (χ1v) is 6.91. The Bertz CT molecular complexity index is 559. The third kappa shape index (κ3) is 4.12. The molecule has 2 rings (SSSR count). The molecular formula is C17H20N2O. The largest absolute Gasteiger partial charge is 0.323 e. The highest BCUT2D eigenvalue weighted by Gasteiger charge is 2.02. The summed E-state index contributed by atoms with van der Waals surface area (Å²) in [6.07, 6.45) is 2.19. The van der Waals surface area contributed by atoms with Gasteiger partial charge in [-0.3, -0.25) is 0 Å². The minimum Gasteiger partial charge on any atom is -0.308 e. The van der Waals surface area contributed by atoms with Crippen LogP contribution in [-0.4, -0.2) is 6.03 Å². The van der Waals surface area contributed by atoms with Crippen molar-refractivity contribution in [1.82, 2.24) is 0 Å². The smallest absolute Gasteiger partial charge is 0.308 e. The van der Waals surface area contributed by atoms with E-state index in [2.05, 4.69) is 17.6 Å². The molecule has 0 aliphatic heterocycles. The van der Waals surface area contributed by atoms with Crippen LogP contribution in [0.3, 0.4) is 0 Å². The lowest BCUT2D eigenvalue weighted by Crippen LogP contribution is -2.19. The van der Waals surface area contributed by atoms with Gasteiger partial charge in [0.2, 0.25) is 0 Å². The molecule has 0 heterocycles. The van der Waals surface area contributed by atoms with E-state index in [0.717, 1.165) is 24.2 Å². The van der Waals surface area contributed by atoms with Crippen LogP contribution >= 0.6 is 0 Å². The molecular weight excluding hydrogens is 248 g/mol. The third-order valence-electron chi connectivity index (χ3n) is 3.06. The second kappa shape index (κ2) is 6.75. The van der Waals surface area contributed by atoms with Gasteiger partial charge in [-0.15, -0.1) is 0 Å². The highest BCUT2D eigenvalue weighted by atomic mass is 16.2. The summed E-state index contributed by atoms with van der Waals surface area (Å²) in [6.45, 7) is 4.17. The van der Waals surface area contributed by atoms with Crippen LogP contribution in [0, 0.1) is 6.92 Å². The van der Waals surface area contributed by atoms with Crippen molar-refractivity contribution in [2.75, 3.05) is 10.6 Å². The Morgan fingerprint density at radius 2 is 1.40 bits per heavy atom. The fourth-order valence-electron chi connectivity index (χ4n) is 1.97. The number of hydrogen-bond acceptors (Lipinski definition) is 1. The van der Waals surface area contributed by atoms with E-state index in [1.807, 2.05) is 55.5 Å². The number of hydrogen-bond donors (Lipinski definition) is 2. The molecule has 0 unspecified atom stereocenters. The molecule has 2 amide bonds. The fraction of sp³-hybridized carbons (Fsp3) is 0.235. The number of carbonyl (C=O) groups excluding carboxylic acids is 1. The molecule has 0 aliphatic rings. The zero-order valence-electron chi connectivity index (χ0n) is 11.9. The zero-order chi connectivity index (χ0) is 14.4. The van der Waals surface area contributed by atoms with Gasteiger partial charge < -0.3 is 10.6 Å². The molecule has 2 aromatic rings. The van der Waals surface area contributed by atoms with Crippen molar-refractivity contribution >= 4 is 17.4 Å². The van der Waals surface area contributed by atoms with Crippen molar-refractivity contribution in [1.29, 1.82) is 0 Å². The molecule has 20 heavy (non-hydrogen) atoms. The molecule has 3 heteroatoms. The molecule has 0 radical (unpaired) electrons. The Hall–Kier alpha value is -2.29. The summed E-state index contributed by atoms with van der Waals surface area (Å²) in [4.78, 5) is 11.9. The first-order chi connectivity index (χ1) is 9.67. The molecule has 0 fully saturated rings. The van der Waals surface area contributed by atoms with Crippen molar-refractivity contribution in [2.45, 2.75) is 26.7 Å². The molecule has 2 aromatic carbocycles. The molecule has 2 N–H and O–H groups in total. The van der Waals surface area contributed by atoms with E-state index in [4.69, 9.17) is 0 Å². The van der Waals surface area contributed by atoms with Crippen LogP contribution < -0.4 is 10.6 Å². The topological polar surface area (TPSA) is 41.1 Å². The summed E-state index contributed by atoms with van der Waals surface area (Å²) < 4.78 is 0. The molecule has 0 aliphatic carbocycles. The summed E-state index contributed by atoms with van der Waals surface area (Å²) in [6, 6.07) is 15.4. The maximum absolute atomic E-state index is 11.9. The zero-order valence-corrected chi connectivity index (χ0v) is 11.9. The molecule has 104 valence electrons. The Morgan fingerprint density at radius 3 is 1.90 bits per heavy atom. The monoisotopic (exact) mass is 268 g/mol. The Morgan fingerprint density at radius 1 is 0.900 bits per heavy atom. The highest BCUT2D eigenvalue weighted by molar-refractivity contribution is 5.99. The van der Waals surface area contributed by atoms with Gasteiger partial charge in [-0.2, -0.15) is 0 Å². The maximum atomic E-state index is 11.9. The SMILES string of the molecule is CCCc1ccc(NC(=O)Nc2ccc(C)cc2)cc1. The lowest BCUT2D eigenvalue weighted by atomic mass is 10.1. The number of aryl methyl sites for hydroxylation is 2. The van der Waals surface area contributed by atoms with Gasteiger partial charge in [0.15, 0.2) is 0 Å². The minimum atomic E-state index is -0.225. The number of nitrogens with one attached hydrogen (secondary N) is 2. The van der Waals surface area contributed by atoms with Crippen LogP contribution in [0.15, 0.2) is 48.5 Å². The van der Waals surface area contributed by atoms with Gasteiger partial charge in [0.25, 0.3) is 0 Å². The van der Waals surface area contributed by atoms with E-state index in [0.29, 0.717) is 0 Å². The second-order valence-electron chi connectivity index (χ2n) is 4.89. The number of amides is 2. The standard InChI is InChI=1S/C17H20N2O/c1-3-4-14-7-11-16(12-8-14)19-17(20)18-15-9-5-13(2)6-10-15/h5-12H,3-4H2,1-2H3,(H2,18,19,20). The van der Waals surface area contributed by atoms with Crippen molar-refractivity contribution in [2.24, 2.45) is 0 Å². The maximum Gasteiger partial charge on any atom is 0.323 e. The Labute approximate surface area is 120 Å². The molecule has 3 nitrogen and oxygen atoms in total. The summed E-state index contributed by atoms with van der Waals surface area (Å²) in [7, 11) is 0. The third-order valence-corrected chi connectivity index (χ3v) is 3.06. The number of benzene rings is 2. The van der Waals surface area contributed by atoms with E-state index < -0.39 is 0 Å². The van der Waals surface area contributed by atoms with Gasteiger partial charge in [-0.25, -0.2) is 4.79 Å². The molecule has 0 atom stereocenters. The van der Waals surface area contributed by atoms with E-state index in [1.165, 1.54) is 11.1 Å². The van der Waals surface area contributed by atoms with Crippen LogP contribution in [0.1, 0.15) is 24.5 Å². The Kier molecular flexibility index (Phi) is 4.77. The second-order valence-corrected chi connectivity index (χ2v) is 4.89. The number of anilines is 2. The molecule has 0 aromatic heterocycles. The van der Waals surface area contributed by atoms with Crippen LogP contribution in [0.5, 0.6) is 0 Å². The van der Waals surface area contributed by atoms with Crippen molar-refractivity contribution in [3.63, 3.8) is 0 Å². The van der Waals surface area contributed by atoms with Crippen LogP contribution in [0.4, 0.5) is 16.2 Å². The van der Waals surface area contributed by atoms with Gasteiger partial charge in [-0.05, 0) is 43.2 Å². The quantitative estimate of drug-likeness (QED) is 0.836. The van der Waals surface area contributed by atoms with Crippen molar-refractivity contribution < 1.29 is 4.79 Å². The molecule has 0 bridgehead atoms. The van der Waals surface area contributed by atoms with Crippen molar-refractivity contribution in [3.05, 3.63) is 59.7 Å². The van der Waals surface area contributed by atoms with Crippen LogP contribution in [-0.2, 0) is 6.42 Å². The van der Waals surface area contributed by atoms with E-state index in [-0.39, 0.29) is 6.03 Å². The first kappa shape index (κ1) is 14.1. The predicted octanol–water partition coefficient (Wildman–Crippen LogP) is 4.59. The number of urea groups is 1. The lowest BCUT2D eigenvalue weighted by Gasteiger charge is -2.08. The van der Waals surface area contributed by atoms with Crippen LogP contribution in [0.25, 0.3) is 0 Å². The first-order valence-electron chi connectivity index (χ1n) is 6.91. The molecule has 0 saturated carbocycles. The van der Waals surface area contributed by atoms with Gasteiger partial charge in [0.05, 0.1) is 0 Å². The summed E-state index contributed by atoms with van der Waals surface area (Å²) in [5.74, 6) is 0. The fourth-order valence-corrected chi connectivity index (χ4v) is 1.97. The van der Waals surface area contributed by atoms with Gasteiger partial charge in [0, 0.05) is 11.4 Å². The summed E-state index contributed by atoms with van der Waals surface area (Å²) in [5.41, 5.74) is 4.05. The Balaban J connectivity index is 1.92. The van der Waals surface area contributed by atoms with E-state index >= 15 is 0 Å². The highest BCUT2D eigenvalue weighted by Crippen LogP contribution is 2.13. The number of carbonyl (C=O) groups is 1. The lowest BCUT2D eigenvalue weighted by molar-refractivity contribution is 0.262. The van der Waals surface area contributed by atoms with E-state index in [1.54, 1.807) is 0 Å². The number of rotatable bonds is 4. The molecule has 0 saturated heterocycles. The predicted molar refractivity (Wildman–Crippen MR) is 84.3 cm³/mol. The summed E-state index contributed by atoms with van der Waals surface area (Å²) in [5, 5.41) is 5.63. The summed E-state index contributed by atoms with van der Waals surface area (Å²) >= 11 is 0. The van der Waals surface area contributed by atoms with Gasteiger partial charge in [0.1, 0.15) is 0 Å². The normalized spacial score (nSPS) is 10.1. The van der Waals surface area contributed by atoms with Gasteiger partial charge >= 0.3 is 6.03 Å². The van der Waals surface area contributed by atoms with Crippen LogP contribution in [0.2, 0.25) is 0 Å².